The number of imidazole rings is 1. The lowest BCUT2D eigenvalue weighted by atomic mass is 10.1. The summed E-state index contributed by atoms with van der Waals surface area (Å²) in [5.74, 6) is -8.34. The molecule has 39 heavy (non-hydrogen) atoms. The summed E-state index contributed by atoms with van der Waals surface area (Å²) >= 11 is 0. The van der Waals surface area contributed by atoms with Crippen molar-refractivity contribution >= 4 is 41.5 Å². The molecule has 1 aromatic rings. The van der Waals surface area contributed by atoms with Crippen LogP contribution in [0.3, 0.4) is 0 Å². The van der Waals surface area contributed by atoms with Gasteiger partial charge in [0.25, 0.3) is 0 Å². The molecule has 1 rings (SSSR count). The molecule has 0 saturated heterocycles. The number of aliphatic hydroxyl groups is 1. The second-order valence-electron chi connectivity index (χ2n) is 8.35. The maximum absolute atomic E-state index is 12.7. The van der Waals surface area contributed by atoms with E-state index in [1.807, 2.05) is 0 Å². The molecule has 0 radical (unpaired) electrons. The van der Waals surface area contributed by atoms with Crippen molar-refractivity contribution in [3.05, 3.63) is 18.2 Å². The highest BCUT2D eigenvalue weighted by molar-refractivity contribution is 5.96. The molecule has 0 aromatic carbocycles. The van der Waals surface area contributed by atoms with E-state index in [0.717, 1.165) is 6.92 Å². The third-order valence-electron chi connectivity index (χ3n) is 5.17. The predicted molar refractivity (Wildman–Crippen MR) is 128 cm³/mol. The third kappa shape index (κ3) is 11.6. The molecule has 0 fully saturated rings. The lowest BCUT2D eigenvalue weighted by Gasteiger charge is -2.24. The minimum atomic E-state index is -1.73. The number of aliphatic hydroxyl groups excluding tert-OH is 1. The molecule has 4 amide bonds. The van der Waals surface area contributed by atoms with Crippen molar-refractivity contribution in [3.63, 3.8) is 0 Å². The highest BCUT2D eigenvalue weighted by Crippen LogP contribution is 2.03. The van der Waals surface area contributed by atoms with Gasteiger partial charge in [-0.05, 0) is 13.3 Å². The number of nitrogens with one attached hydrogen (secondary N) is 5. The summed E-state index contributed by atoms with van der Waals surface area (Å²) in [6, 6.07) is -7.50. The lowest BCUT2D eigenvalue weighted by molar-refractivity contribution is -0.143. The van der Waals surface area contributed by atoms with E-state index in [1.165, 1.54) is 12.5 Å². The molecule has 5 atom stereocenters. The van der Waals surface area contributed by atoms with E-state index in [2.05, 4.69) is 31.2 Å². The number of aliphatic carboxylic acids is 3. The third-order valence-corrected chi connectivity index (χ3v) is 5.17. The van der Waals surface area contributed by atoms with E-state index in [0.29, 0.717) is 5.69 Å². The van der Waals surface area contributed by atoms with Crippen molar-refractivity contribution < 1.29 is 54.0 Å². The van der Waals surface area contributed by atoms with Crippen LogP contribution in [-0.2, 0) is 40.0 Å². The predicted octanol–water partition coefficient (Wildman–Crippen LogP) is -4.34. The average molecular weight is 558 g/mol. The Morgan fingerprint density at radius 2 is 1.46 bits per heavy atom. The molecular weight excluding hydrogens is 526 g/mol. The van der Waals surface area contributed by atoms with Gasteiger partial charge in [-0.25, -0.2) is 9.78 Å². The molecular formula is C21H31N7O11. The molecule has 18 nitrogen and oxygen atoms in total. The fraction of sp³-hybridized carbons (Fsp3) is 0.524. The number of carbonyl (C=O) groups is 7. The van der Waals surface area contributed by atoms with Gasteiger partial charge in [0.05, 0.1) is 19.4 Å². The van der Waals surface area contributed by atoms with Crippen LogP contribution in [-0.4, -0.2) is 109 Å². The van der Waals surface area contributed by atoms with Crippen molar-refractivity contribution in [2.45, 2.75) is 62.8 Å². The number of carbonyl (C=O) groups excluding carboxylic acids is 4. The summed E-state index contributed by atoms with van der Waals surface area (Å²) in [4.78, 5) is 90.1. The van der Waals surface area contributed by atoms with Crippen molar-refractivity contribution in [2.75, 3.05) is 6.61 Å². The highest BCUT2D eigenvalue weighted by atomic mass is 16.4. The van der Waals surface area contributed by atoms with Gasteiger partial charge < -0.3 is 52.4 Å². The first-order chi connectivity index (χ1) is 18.2. The van der Waals surface area contributed by atoms with Crippen LogP contribution in [0.5, 0.6) is 0 Å². The van der Waals surface area contributed by atoms with E-state index < -0.39 is 97.6 Å². The maximum atomic E-state index is 12.7. The van der Waals surface area contributed by atoms with Crippen LogP contribution in [0.15, 0.2) is 12.5 Å². The van der Waals surface area contributed by atoms with Gasteiger partial charge in [-0.2, -0.15) is 0 Å². The SMILES string of the molecule is C[C@H](NC(=O)[C@H](CCC(=O)O)NC(=O)[C@@H](N)CO)C(=O)N[C@@H](CC(=O)O)C(=O)N[C@@H](Cc1cnc[nH]1)C(=O)O. The van der Waals surface area contributed by atoms with Crippen LogP contribution in [0.4, 0.5) is 0 Å². The zero-order valence-electron chi connectivity index (χ0n) is 20.7. The number of carboxylic acids is 3. The Bertz CT molecular complexity index is 1050. The Balaban J connectivity index is 2.91. The Hall–Kier alpha value is -4.58. The smallest absolute Gasteiger partial charge is 0.326 e. The maximum Gasteiger partial charge on any atom is 0.326 e. The minimum absolute atomic E-state index is 0.218. The Morgan fingerprint density at radius 3 is 1.97 bits per heavy atom. The molecule has 0 saturated carbocycles. The Kier molecular flexibility index (Phi) is 13.0. The second-order valence-corrected chi connectivity index (χ2v) is 8.35. The van der Waals surface area contributed by atoms with Crippen molar-refractivity contribution in [3.8, 4) is 0 Å². The molecule has 0 aliphatic rings. The van der Waals surface area contributed by atoms with Crippen molar-refractivity contribution in [1.82, 2.24) is 31.2 Å². The molecule has 216 valence electrons. The van der Waals surface area contributed by atoms with Gasteiger partial charge in [-0.15, -0.1) is 0 Å². The van der Waals surface area contributed by atoms with Crippen LogP contribution in [0.2, 0.25) is 0 Å². The molecule has 18 heteroatoms. The summed E-state index contributed by atoms with van der Waals surface area (Å²) in [5, 5.41) is 45.1. The van der Waals surface area contributed by atoms with Crippen LogP contribution >= 0.6 is 0 Å². The van der Waals surface area contributed by atoms with Gasteiger partial charge in [0, 0.05) is 24.7 Å². The number of aromatic amines is 1. The van der Waals surface area contributed by atoms with E-state index in [9.17, 15) is 38.7 Å². The molecule has 1 aromatic heterocycles. The quantitative estimate of drug-likeness (QED) is 0.0867. The molecule has 1 heterocycles. The second kappa shape index (κ2) is 15.6. The number of amides is 4. The number of aromatic nitrogens is 2. The fourth-order valence-electron chi connectivity index (χ4n) is 3.05. The number of hydrogen-bond donors (Lipinski definition) is 10. The van der Waals surface area contributed by atoms with Gasteiger partial charge in [0.15, 0.2) is 0 Å². The highest BCUT2D eigenvalue weighted by Gasteiger charge is 2.31. The Labute approximate surface area is 220 Å². The number of nitrogens with zero attached hydrogens (tertiary/aromatic N) is 1. The van der Waals surface area contributed by atoms with Gasteiger partial charge in [0.2, 0.25) is 23.6 Å². The topological polar surface area (TPSA) is 303 Å². The fourth-order valence-corrected chi connectivity index (χ4v) is 3.05. The van der Waals surface area contributed by atoms with E-state index in [-0.39, 0.29) is 6.42 Å². The standard InChI is InChI=1S/C21H31N7O11/c1-9(25-19(36)12(2-3-15(30)31)26-18(35)11(22)7-29)17(34)27-13(5-16(32)33)20(37)28-14(21(38)39)4-10-6-23-8-24-10/h6,8-9,11-14,29H,2-5,7,22H2,1H3,(H,23,24)(H,25,36)(H,26,35)(H,27,34)(H,28,37)(H,30,31)(H,32,33)(H,38,39)/t9-,11-,12-,13-,14-/m0/s1. The van der Waals surface area contributed by atoms with Gasteiger partial charge in [-0.3, -0.25) is 28.8 Å². The summed E-state index contributed by atoms with van der Waals surface area (Å²) in [6.07, 6.45) is 0.536. The normalized spacial score (nSPS) is 14.5. The average Bonchev–Trinajstić information content (AvgIpc) is 3.37. The zero-order chi connectivity index (χ0) is 29.7. The van der Waals surface area contributed by atoms with Crippen molar-refractivity contribution in [2.24, 2.45) is 5.73 Å². The summed E-state index contributed by atoms with van der Waals surface area (Å²) in [6.45, 7) is 0.409. The largest absolute Gasteiger partial charge is 0.481 e. The zero-order valence-corrected chi connectivity index (χ0v) is 20.7. The number of nitrogens with two attached hydrogens (primary N) is 1. The van der Waals surface area contributed by atoms with Crippen molar-refractivity contribution in [1.29, 1.82) is 0 Å². The molecule has 11 N–H and O–H groups in total. The number of rotatable bonds is 17. The number of H-pyrrole nitrogens is 1. The van der Waals surface area contributed by atoms with Crippen LogP contribution in [0.1, 0.15) is 31.9 Å². The number of carboxylic acid groups (broad SMARTS) is 3. The monoisotopic (exact) mass is 557 g/mol. The molecule has 0 bridgehead atoms. The summed E-state index contributed by atoms with van der Waals surface area (Å²) < 4.78 is 0. The first-order valence-electron chi connectivity index (χ1n) is 11.5. The van der Waals surface area contributed by atoms with Crippen LogP contribution in [0, 0.1) is 0 Å². The van der Waals surface area contributed by atoms with E-state index >= 15 is 0 Å². The summed E-state index contributed by atoms with van der Waals surface area (Å²) in [5.41, 5.74) is 5.75. The number of hydrogen-bond acceptors (Lipinski definition) is 10. The van der Waals surface area contributed by atoms with E-state index in [4.69, 9.17) is 21.1 Å². The van der Waals surface area contributed by atoms with Gasteiger partial charge >= 0.3 is 17.9 Å². The molecule has 0 aliphatic heterocycles. The lowest BCUT2D eigenvalue weighted by Crippen LogP contribution is -2.58. The minimum Gasteiger partial charge on any atom is -0.481 e. The molecule has 0 unspecified atom stereocenters. The van der Waals surface area contributed by atoms with Gasteiger partial charge in [0.1, 0.15) is 30.2 Å². The summed E-state index contributed by atoms with van der Waals surface area (Å²) in [7, 11) is 0. The van der Waals surface area contributed by atoms with Crippen LogP contribution < -0.4 is 27.0 Å². The van der Waals surface area contributed by atoms with E-state index in [1.54, 1.807) is 0 Å². The van der Waals surface area contributed by atoms with Crippen LogP contribution in [0.25, 0.3) is 0 Å². The van der Waals surface area contributed by atoms with Gasteiger partial charge in [-0.1, -0.05) is 0 Å². The first kappa shape index (κ1) is 32.4. The Morgan fingerprint density at radius 1 is 0.872 bits per heavy atom. The molecule has 0 aliphatic carbocycles. The molecule has 0 spiro atoms. The first-order valence-corrected chi connectivity index (χ1v) is 11.5.